The first kappa shape index (κ1) is 65.5. The van der Waals surface area contributed by atoms with Crippen molar-refractivity contribution in [3.05, 3.63) is 47.6 Å². The van der Waals surface area contributed by atoms with Crippen molar-refractivity contribution in [1.82, 2.24) is 4.90 Å². The van der Waals surface area contributed by atoms with E-state index in [2.05, 4.69) is 13.8 Å². The maximum Gasteiger partial charge on any atom is 0.329 e. The van der Waals surface area contributed by atoms with E-state index < -0.39 is 89.5 Å². The molecule has 0 unspecified atom stereocenters. The fourth-order valence-corrected chi connectivity index (χ4v) is 12.7. The van der Waals surface area contributed by atoms with Crippen molar-refractivity contribution in [2.24, 2.45) is 35.5 Å². The lowest BCUT2D eigenvalue weighted by Crippen LogP contribution is -2.61. The van der Waals surface area contributed by atoms with Crippen molar-refractivity contribution in [2.75, 3.05) is 33.1 Å². The monoisotopic (exact) mass is 1090 g/mol. The zero-order valence-electron chi connectivity index (χ0n) is 48.3. The lowest BCUT2D eigenvalue weighted by Gasteiger charge is -2.43. The van der Waals surface area contributed by atoms with Crippen molar-refractivity contribution in [2.45, 2.75) is 231 Å². The maximum absolute atomic E-state index is 14.6. The summed E-state index contributed by atoms with van der Waals surface area (Å²) < 4.78 is 30.7. The van der Waals surface area contributed by atoms with Gasteiger partial charge in [0.2, 0.25) is 5.79 Å². The topological polar surface area (TPSA) is 216 Å². The van der Waals surface area contributed by atoms with E-state index >= 15 is 0 Å². The Balaban J connectivity index is 1.74. The van der Waals surface area contributed by atoms with Gasteiger partial charge in [-0.3, -0.25) is 19.2 Å². The molecule has 0 radical (unpaired) electrons. The molecule has 0 aromatic carbocycles. The molecule has 4 rings (SSSR count). The van der Waals surface area contributed by atoms with E-state index in [1.165, 1.54) is 12.0 Å². The molecule has 3 fully saturated rings. The summed E-state index contributed by atoms with van der Waals surface area (Å²) in [4.78, 5) is 73.0. The Kier molecular flexibility index (Phi) is 25.8. The number of aliphatic hydroxyl groups is 4. The van der Waals surface area contributed by atoms with Gasteiger partial charge in [-0.1, -0.05) is 84.9 Å². The maximum atomic E-state index is 14.6. The standard InChI is InChI=1S/C60H97NO14S/c1-37-19-15-14-16-20-38(2)50(75-58(8,9)27-30-76-59(10,11)26-29-62)35-45-24-22-43(7)60(70,74-45)55(67)56(68)61-28-18-17-21-46(61)57(69)73-49(40(4)33-44-23-25-47(63)51(34-44)71-12)36-48(64)39(3)32-42(6)53(66)54(72-13)52(65)41(5)31-37/h14-16,19-20,32,37,39-41,43-47,49-51,53-54,62-63,66,70H,17-18,21-31,33-36H2,1-13H3/b16-14+,19-15+,38-20+,42-32+/t37-,39-,40-,41-,43-,44+,45+,46+,47-,49+,50+,51-,53-,54+,60-/m1/s1. The first-order valence-corrected chi connectivity index (χ1v) is 29.2. The summed E-state index contributed by atoms with van der Waals surface area (Å²) in [6.07, 6.45) is 12.2. The molecule has 16 heteroatoms. The van der Waals surface area contributed by atoms with E-state index in [4.69, 9.17) is 23.7 Å². The van der Waals surface area contributed by atoms with Crippen LogP contribution in [0.2, 0.25) is 0 Å². The second kappa shape index (κ2) is 30.0. The molecule has 2 saturated heterocycles. The Morgan fingerprint density at radius 3 is 2.25 bits per heavy atom. The fraction of sp³-hybridized carbons (Fsp3) is 0.783. The number of carbonyl (C=O) groups is 5. The minimum Gasteiger partial charge on any atom is -0.460 e. The van der Waals surface area contributed by atoms with Crippen LogP contribution in [-0.2, 0) is 47.7 Å². The number of aliphatic hydroxyl groups excluding tert-OH is 3. The Morgan fingerprint density at radius 2 is 1.58 bits per heavy atom. The van der Waals surface area contributed by atoms with Crippen molar-refractivity contribution < 1.29 is 68.1 Å². The van der Waals surface area contributed by atoms with Gasteiger partial charge in [0.15, 0.2) is 5.78 Å². The number of cyclic esters (lactones) is 1. The summed E-state index contributed by atoms with van der Waals surface area (Å²) in [5.74, 6) is -7.43. The van der Waals surface area contributed by atoms with Crippen LogP contribution in [0.25, 0.3) is 0 Å². The number of hydrogen-bond donors (Lipinski definition) is 4. The summed E-state index contributed by atoms with van der Waals surface area (Å²) in [5.41, 5.74) is 0.640. The summed E-state index contributed by atoms with van der Waals surface area (Å²) in [5, 5.41) is 44.0. The Morgan fingerprint density at radius 1 is 0.868 bits per heavy atom. The molecule has 0 aromatic heterocycles. The number of hydrogen-bond acceptors (Lipinski definition) is 15. The molecule has 15 nitrogen and oxygen atoms in total. The van der Waals surface area contributed by atoms with Crippen LogP contribution in [0, 0.1) is 35.5 Å². The third-order valence-corrected chi connectivity index (χ3v) is 18.0. The SMILES string of the molecule is CO[C@@H]1C[C@H](C[C@@H](C)[C@@H]2CC(=O)[C@H](C)/C=C(\C)[C@@H](O)[C@@H](OC)C(=O)[C@H](C)C[C@H](C)/C=C/C=C/C=C(\C)[C@@H](OC(C)(C)CCSC(C)(C)CCO)C[C@@H]3CC[C@@H](C)[C@@](O)(O3)C(=O)C(=O)N3CCCC[C@H]3C(=O)O2)CC[C@H]1O. The van der Waals surface area contributed by atoms with E-state index in [1.807, 2.05) is 71.9 Å². The highest BCUT2D eigenvalue weighted by Crippen LogP contribution is 2.39. The summed E-state index contributed by atoms with van der Waals surface area (Å²) in [6.45, 7) is 21.2. The number of ketones is 3. The predicted molar refractivity (Wildman–Crippen MR) is 296 cm³/mol. The number of piperidine rings is 1. The molecular formula is C60H97NO14S. The Hall–Kier alpha value is -3.06. The van der Waals surface area contributed by atoms with Gasteiger partial charge in [-0.15, -0.1) is 0 Å². The Labute approximate surface area is 459 Å². The van der Waals surface area contributed by atoms with Gasteiger partial charge in [0.1, 0.15) is 30.1 Å². The molecule has 4 N–H and O–H groups in total. The molecule has 1 aliphatic carbocycles. The van der Waals surface area contributed by atoms with E-state index in [-0.39, 0.29) is 72.6 Å². The van der Waals surface area contributed by atoms with Crippen molar-refractivity contribution in [1.29, 1.82) is 0 Å². The number of carbonyl (C=O) groups excluding carboxylic acids is 5. The van der Waals surface area contributed by atoms with Crippen LogP contribution in [0.5, 0.6) is 0 Å². The normalized spacial score (nSPS) is 36.8. The second-order valence-electron chi connectivity index (χ2n) is 24.1. The number of ether oxygens (including phenoxy) is 5. The van der Waals surface area contributed by atoms with Crippen molar-refractivity contribution in [3.8, 4) is 0 Å². The number of fused-ring (bicyclic) bond motifs is 3. The number of nitrogens with zero attached hydrogens (tertiary/aromatic N) is 1. The van der Waals surface area contributed by atoms with Crippen LogP contribution < -0.4 is 0 Å². The molecule has 3 heterocycles. The van der Waals surface area contributed by atoms with Gasteiger partial charge < -0.3 is 49.0 Å². The lowest BCUT2D eigenvalue weighted by atomic mass is 9.78. The number of esters is 1. The number of allylic oxidation sites excluding steroid dienone is 6. The third kappa shape index (κ3) is 18.8. The molecule has 0 aromatic rings. The molecule has 76 heavy (non-hydrogen) atoms. The smallest absolute Gasteiger partial charge is 0.329 e. The van der Waals surface area contributed by atoms with E-state index in [9.17, 15) is 44.4 Å². The molecule has 3 aliphatic heterocycles. The van der Waals surface area contributed by atoms with Gasteiger partial charge in [0, 0.05) is 62.7 Å². The largest absolute Gasteiger partial charge is 0.460 e. The minimum atomic E-state index is -2.49. The highest BCUT2D eigenvalue weighted by Gasteiger charge is 2.53. The van der Waals surface area contributed by atoms with Crippen LogP contribution >= 0.6 is 11.8 Å². The van der Waals surface area contributed by atoms with Crippen molar-refractivity contribution in [3.63, 3.8) is 0 Å². The van der Waals surface area contributed by atoms with E-state index in [1.54, 1.807) is 45.7 Å². The molecule has 1 saturated carbocycles. The minimum absolute atomic E-state index is 0.0127. The van der Waals surface area contributed by atoms with Gasteiger partial charge in [-0.25, -0.2) is 4.79 Å². The first-order valence-electron chi connectivity index (χ1n) is 28.2. The second-order valence-corrected chi connectivity index (χ2v) is 25.9. The third-order valence-electron chi connectivity index (χ3n) is 16.6. The zero-order chi connectivity index (χ0) is 56.7. The van der Waals surface area contributed by atoms with E-state index in [0.717, 1.165) is 11.3 Å². The first-order chi connectivity index (χ1) is 35.7. The van der Waals surface area contributed by atoms with Gasteiger partial charge >= 0.3 is 5.97 Å². The molecule has 0 spiro atoms. The highest BCUT2D eigenvalue weighted by atomic mass is 32.2. The zero-order valence-corrected chi connectivity index (χ0v) is 49.1. The van der Waals surface area contributed by atoms with Crippen molar-refractivity contribution >= 4 is 41.0 Å². The lowest BCUT2D eigenvalue weighted by molar-refractivity contribution is -0.267. The number of Topliss-reactive ketones (excluding diaryl/α,β-unsaturated/α-hetero) is 3. The number of amides is 1. The van der Waals surface area contributed by atoms with Crippen LogP contribution in [0.3, 0.4) is 0 Å². The molecular weight excluding hydrogens is 991 g/mol. The van der Waals surface area contributed by atoms with Gasteiger partial charge in [-0.05, 0) is 139 Å². The summed E-state index contributed by atoms with van der Waals surface area (Å²) in [7, 11) is 2.95. The van der Waals surface area contributed by atoms with Gasteiger partial charge in [-0.2, -0.15) is 11.8 Å². The van der Waals surface area contributed by atoms with E-state index in [0.29, 0.717) is 76.2 Å². The van der Waals surface area contributed by atoms with Gasteiger partial charge in [0.25, 0.3) is 11.7 Å². The average molecular weight is 1090 g/mol. The molecule has 15 atom stereocenters. The molecule has 4 aliphatic rings. The van der Waals surface area contributed by atoms with Crippen LogP contribution in [0.15, 0.2) is 47.6 Å². The Bertz CT molecular complexity index is 2050. The molecule has 1 amide bonds. The van der Waals surface area contributed by atoms with Gasteiger partial charge in [0.05, 0.1) is 30.0 Å². The molecule has 432 valence electrons. The quantitative estimate of drug-likeness (QED) is 0.0772. The average Bonchev–Trinajstić information content (AvgIpc) is 3.36. The molecule has 2 bridgehead atoms. The highest BCUT2D eigenvalue weighted by molar-refractivity contribution is 8.00. The predicted octanol–water partition coefficient (Wildman–Crippen LogP) is 8.61. The summed E-state index contributed by atoms with van der Waals surface area (Å²) in [6, 6.07) is -1.17. The fourth-order valence-electron chi connectivity index (χ4n) is 11.3. The van der Waals surface area contributed by atoms with Crippen LogP contribution in [0.4, 0.5) is 0 Å². The van der Waals surface area contributed by atoms with Crippen LogP contribution in [-0.4, -0.2) is 153 Å². The summed E-state index contributed by atoms with van der Waals surface area (Å²) >= 11 is 1.77. The number of rotatable bonds is 13. The van der Waals surface area contributed by atoms with Crippen LogP contribution in [0.1, 0.15) is 166 Å². The number of thioether (sulfide) groups is 1. The number of methoxy groups -OCH3 is 2.